The number of rotatable bonds is 4. The smallest absolute Gasteiger partial charge is 0.222 e. The average Bonchev–Trinajstić information content (AvgIpc) is 2.48. The first kappa shape index (κ1) is 15.0. The van der Waals surface area contributed by atoms with E-state index < -0.39 is 6.10 Å². The molecule has 1 saturated heterocycles. The summed E-state index contributed by atoms with van der Waals surface area (Å²) in [6, 6.07) is 6.00. The summed E-state index contributed by atoms with van der Waals surface area (Å²) >= 11 is 0. The Morgan fingerprint density at radius 3 is 2.55 bits per heavy atom. The summed E-state index contributed by atoms with van der Waals surface area (Å²) in [6.45, 7) is 5.88. The maximum Gasteiger partial charge on any atom is 0.222 e. The average molecular weight is 275 g/mol. The number of likely N-dealkylation sites (tertiary alicyclic amines) is 1. The van der Waals surface area contributed by atoms with Crippen molar-refractivity contribution in [1.29, 1.82) is 0 Å². The standard InChI is InChI=1S/C17H25NO2/c1-13-6-7-15(12-14(13)2)16(19)8-9-17(20)18-10-4-3-5-11-18/h6-7,12,16,19H,3-5,8-11H2,1-2H3. The molecule has 0 saturated carbocycles. The van der Waals surface area contributed by atoms with Gasteiger partial charge in [-0.3, -0.25) is 4.79 Å². The van der Waals surface area contributed by atoms with Crippen molar-refractivity contribution in [1.82, 2.24) is 4.90 Å². The third-order valence-electron chi connectivity index (χ3n) is 4.26. The van der Waals surface area contributed by atoms with E-state index in [2.05, 4.69) is 6.92 Å². The Labute approximate surface area is 121 Å². The molecule has 110 valence electrons. The zero-order valence-corrected chi connectivity index (χ0v) is 12.6. The van der Waals surface area contributed by atoms with Crippen molar-refractivity contribution in [2.45, 2.75) is 52.1 Å². The molecule has 1 aliphatic rings. The number of aliphatic hydroxyl groups excluding tert-OH is 1. The van der Waals surface area contributed by atoms with E-state index in [0.717, 1.165) is 31.5 Å². The summed E-state index contributed by atoms with van der Waals surface area (Å²) in [5, 5.41) is 10.2. The Hall–Kier alpha value is -1.35. The molecule has 0 spiro atoms. The van der Waals surface area contributed by atoms with Gasteiger partial charge >= 0.3 is 0 Å². The minimum absolute atomic E-state index is 0.188. The van der Waals surface area contributed by atoms with Crippen molar-refractivity contribution in [2.75, 3.05) is 13.1 Å². The van der Waals surface area contributed by atoms with Crippen LogP contribution in [-0.4, -0.2) is 29.0 Å². The first-order valence-electron chi connectivity index (χ1n) is 7.61. The lowest BCUT2D eigenvalue weighted by atomic mass is 9.99. The van der Waals surface area contributed by atoms with E-state index in [1.54, 1.807) is 0 Å². The summed E-state index contributed by atoms with van der Waals surface area (Å²) in [6.07, 6.45) is 3.88. The van der Waals surface area contributed by atoms with Crippen LogP contribution in [0.4, 0.5) is 0 Å². The fraction of sp³-hybridized carbons (Fsp3) is 0.588. The van der Waals surface area contributed by atoms with Crippen molar-refractivity contribution in [3.05, 3.63) is 34.9 Å². The third-order valence-corrected chi connectivity index (χ3v) is 4.26. The van der Waals surface area contributed by atoms with Gasteiger partial charge in [-0.05, 0) is 56.2 Å². The normalized spacial score (nSPS) is 17.1. The highest BCUT2D eigenvalue weighted by Crippen LogP contribution is 2.22. The number of piperidine rings is 1. The van der Waals surface area contributed by atoms with Crippen LogP contribution in [0.2, 0.25) is 0 Å². The topological polar surface area (TPSA) is 40.5 Å². The molecule has 1 aromatic carbocycles. The van der Waals surface area contributed by atoms with Gasteiger partial charge in [0.05, 0.1) is 6.10 Å². The Bertz CT molecular complexity index is 464. The maximum absolute atomic E-state index is 12.1. The molecule has 0 bridgehead atoms. The van der Waals surface area contributed by atoms with Gasteiger partial charge < -0.3 is 10.0 Å². The molecular weight excluding hydrogens is 250 g/mol. The number of hydrogen-bond donors (Lipinski definition) is 1. The van der Waals surface area contributed by atoms with Gasteiger partial charge in [-0.2, -0.15) is 0 Å². The van der Waals surface area contributed by atoms with E-state index >= 15 is 0 Å². The third kappa shape index (κ3) is 3.83. The molecular formula is C17H25NO2. The van der Waals surface area contributed by atoms with E-state index in [1.165, 1.54) is 17.5 Å². The second kappa shape index (κ2) is 6.89. The Kier molecular flexibility index (Phi) is 5.18. The van der Waals surface area contributed by atoms with E-state index in [9.17, 15) is 9.90 Å². The molecule has 0 aliphatic carbocycles. The Morgan fingerprint density at radius 1 is 1.20 bits per heavy atom. The highest BCUT2D eigenvalue weighted by Gasteiger charge is 2.18. The van der Waals surface area contributed by atoms with Crippen molar-refractivity contribution < 1.29 is 9.90 Å². The lowest BCUT2D eigenvalue weighted by Crippen LogP contribution is -2.35. The highest BCUT2D eigenvalue weighted by molar-refractivity contribution is 5.76. The minimum atomic E-state index is -0.539. The van der Waals surface area contributed by atoms with E-state index in [-0.39, 0.29) is 5.91 Å². The molecule has 1 fully saturated rings. The predicted molar refractivity (Wildman–Crippen MR) is 80.5 cm³/mol. The highest BCUT2D eigenvalue weighted by atomic mass is 16.3. The Balaban J connectivity index is 1.86. The van der Waals surface area contributed by atoms with Gasteiger partial charge in [-0.25, -0.2) is 0 Å². The number of carbonyl (C=O) groups excluding carboxylic acids is 1. The number of benzene rings is 1. The number of aliphatic hydroxyl groups is 1. The molecule has 2 rings (SSSR count). The van der Waals surface area contributed by atoms with Crippen LogP contribution in [0.3, 0.4) is 0 Å². The fourth-order valence-electron chi connectivity index (χ4n) is 2.70. The number of hydrogen-bond acceptors (Lipinski definition) is 2. The van der Waals surface area contributed by atoms with Crippen LogP contribution in [0.25, 0.3) is 0 Å². The lowest BCUT2D eigenvalue weighted by Gasteiger charge is -2.27. The van der Waals surface area contributed by atoms with Gasteiger partial charge in [0.2, 0.25) is 5.91 Å². The monoisotopic (exact) mass is 275 g/mol. The summed E-state index contributed by atoms with van der Waals surface area (Å²) in [7, 11) is 0. The van der Waals surface area contributed by atoms with Crippen LogP contribution in [0.5, 0.6) is 0 Å². The van der Waals surface area contributed by atoms with Gasteiger partial charge in [-0.1, -0.05) is 18.2 Å². The zero-order valence-electron chi connectivity index (χ0n) is 12.6. The molecule has 1 amide bonds. The van der Waals surface area contributed by atoms with Crippen molar-refractivity contribution >= 4 is 5.91 Å². The molecule has 0 radical (unpaired) electrons. The largest absolute Gasteiger partial charge is 0.388 e. The Morgan fingerprint density at radius 2 is 1.90 bits per heavy atom. The molecule has 3 heteroatoms. The van der Waals surface area contributed by atoms with Crippen molar-refractivity contribution in [3.8, 4) is 0 Å². The summed E-state index contributed by atoms with van der Waals surface area (Å²) in [5.74, 6) is 0.188. The molecule has 1 unspecified atom stereocenters. The first-order valence-corrected chi connectivity index (χ1v) is 7.61. The summed E-state index contributed by atoms with van der Waals surface area (Å²) < 4.78 is 0. The van der Waals surface area contributed by atoms with Crippen LogP contribution in [0.1, 0.15) is 54.9 Å². The molecule has 3 nitrogen and oxygen atoms in total. The first-order chi connectivity index (χ1) is 9.58. The van der Waals surface area contributed by atoms with Crippen molar-refractivity contribution in [3.63, 3.8) is 0 Å². The van der Waals surface area contributed by atoms with Gasteiger partial charge in [0.25, 0.3) is 0 Å². The van der Waals surface area contributed by atoms with Crippen LogP contribution >= 0.6 is 0 Å². The maximum atomic E-state index is 12.1. The second-order valence-corrected chi connectivity index (χ2v) is 5.84. The summed E-state index contributed by atoms with van der Waals surface area (Å²) in [5.41, 5.74) is 3.33. The lowest BCUT2D eigenvalue weighted by molar-refractivity contribution is -0.132. The van der Waals surface area contributed by atoms with Crippen LogP contribution in [0.15, 0.2) is 18.2 Å². The molecule has 20 heavy (non-hydrogen) atoms. The quantitative estimate of drug-likeness (QED) is 0.917. The van der Waals surface area contributed by atoms with Gasteiger partial charge in [0, 0.05) is 19.5 Å². The SMILES string of the molecule is Cc1ccc(C(O)CCC(=O)N2CCCCC2)cc1C. The molecule has 1 aliphatic heterocycles. The van der Waals surface area contributed by atoms with Crippen LogP contribution in [-0.2, 0) is 4.79 Å². The molecule has 1 N–H and O–H groups in total. The van der Waals surface area contributed by atoms with Crippen molar-refractivity contribution in [2.24, 2.45) is 0 Å². The van der Waals surface area contributed by atoms with Crippen LogP contribution in [0, 0.1) is 13.8 Å². The predicted octanol–water partition coefficient (Wildman–Crippen LogP) is 3.13. The number of nitrogens with zero attached hydrogens (tertiary/aromatic N) is 1. The van der Waals surface area contributed by atoms with E-state index in [0.29, 0.717) is 12.8 Å². The molecule has 0 aromatic heterocycles. The van der Waals surface area contributed by atoms with Gasteiger partial charge in [0.15, 0.2) is 0 Å². The second-order valence-electron chi connectivity index (χ2n) is 5.84. The van der Waals surface area contributed by atoms with Crippen LogP contribution < -0.4 is 0 Å². The number of aryl methyl sites for hydroxylation is 2. The fourth-order valence-corrected chi connectivity index (χ4v) is 2.70. The van der Waals surface area contributed by atoms with E-state index in [4.69, 9.17) is 0 Å². The van der Waals surface area contributed by atoms with Gasteiger partial charge in [0.1, 0.15) is 0 Å². The van der Waals surface area contributed by atoms with E-state index in [1.807, 2.05) is 30.0 Å². The van der Waals surface area contributed by atoms with Gasteiger partial charge in [-0.15, -0.1) is 0 Å². The minimum Gasteiger partial charge on any atom is -0.388 e. The zero-order chi connectivity index (χ0) is 14.5. The number of carbonyl (C=O) groups is 1. The molecule has 1 atom stereocenters. The molecule has 1 aromatic rings. The molecule has 1 heterocycles. The number of amides is 1. The summed E-state index contributed by atoms with van der Waals surface area (Å²) in [4.78, 5) is 14.0.